The van der Waals surface area contributed by atoms with Gasteiger partial charge >= 0.3 is 0 Å². The molecule has 0 saturated carbocycles. The first-order chi connectivity index (χ1) is 14.1. The molecule has 0 atom stereocenters. The number of carbonyl (C=O) groups excluding carboxylic acids is 2. The molecule has 5 nitrogen and oxygen atoms in total. The molecular formula is C23H27ClFN3O2. The third kappa shape index (κ3) is 5.37. The lowest BCUT2D eigenvalue weighted by Gasteiger charge is -2.33. The van der Waals surface area contributed by atoms with Gasteiger partial charge in [-0.1, -0.05) is 18.2 Å². The summed E-state index contributed by atoms with van der Waals surface area (Å²) in [7, 11) is 0. The zero-order chi connectivity index (χ0) is 20.2. The average molecular weight is 432 g/mol. The first-order valence-electron chi connectivity index (χ1n) is 10.2. The second-order valence-corrected chi connectivity index (χ2v) is 7.93. The molecule has 2 aromatic carbocycles. The van der Waals surface area contributed by atoms with Crippen LogP contribution in [0, 0.1) is 11.7 Å². The van der Waals surface area contributed by atoms with Gasteiger partial charge in [-0.2, -0.15) is 0 Å². The van der Waals surface area contributed by atoms with Crippen molar-refractivity contribution in [1.29, 1.82) is 0 Å². The van der Waals surface area contributed by atoms with E-state index in [-0.39, 0.29) is 30.0 Å². The number of anilines is 1. The highest BCUT2D eigenvalue weighted by molar-refractivity contribution is 5.98. The molecule has 0 radical (unpaired) electrons. The van der Waals surface area contributed by atoms with Gasteiger partial charge in [0.2, 0.25) is 5.91 Å². The van der Waals surface area contributed by atoms with Gasteiger partial charge in [0.05, 0.1) is 0 Å². The van der Waals surface area contributed by atoms with Crippen molar-refractivity contribution in [2.45, 2.75) is 25.8 Å². The average Bonchev–Trinajstić information content (AvgIpc) is 3.05. The Balaban J connectivity index is 0.00000256. The van der Waals surface area contributed by atoms with E-state index in [2.05, 4.69) is 10.2 Å². The van der Waals surface area contributed by atoms with E-state index in [0.717, 1.165) is 50.1 Å². The fraction of sp³-hybridized carbons (Fsp3) is 0.391. The molecule has 2 amide bonds. The van der Waals surface area contributed by atoms with Gasteiger partial charge in [0.1, 0.15) is 5.82 Å². The summed E-state index contributed by atoms with van der Waals surface area (Å²) < 4.78 is 12.9. The smallest absolute Gasteiger partial charge is 0.254 e. The van der Waals surface area contributed by atoms with Crippen molar-refractivity contribution >= 4 is 29.9 Å². The predicted octanol–water partition coefficient (Wildman–Crippen LogP) is 3.94. The largest absolute Gasteiger partial charge is 0.334 e. The Morgan fingerprint density at radius 2 is 1.77 bits per heavy atom. The standard InChI is InChI=1S/C23H26FN3O2.ClH/c24-19-5-7-20(8-6-19)25-22(28)11-14-26-12-9-17(10-13-26)15-27-16-18-3-1-2-4-21(18)23(27)29;/h1-8,17H,9-16H2,(H,25,28);1H. The van der Waals surface area contributed by atoms with Crippen LogP contribution in [0.5, 0.6) is 0 Å². The van der Waals surface area contributed by atoms with E-state index in [1.54, 1.807) is 12.1 Å². The molecule has 1 fully saturated rings. The number of halogens is 2. The highest BCUT2D eigenvalue weighted by Crippen LogP contribution is 2.26. The van der Waals surface area contributed by atoms with E-state index in [1.807, 2.05) is 29.2 Å². The zero-order valence-corrected chi connectivity index (χ0v) is 17.7. The molecule has 160 valence electrons. The van der Waals surface area contributed by atoms with Crippen LogP contribution in [0.15, 0.2) is 48.5 Å². The van der Waals surface area contributed by atoms with Gasteiger partial charge in [0.15, 0.2) is 0 Å². The zero-order valence-electron chi connectivity index (χ0n) is 16.9. The first-order valence-corrected chi connectivity index (χ1v) is 10.2. The first kappa shape index (κ1) is 22.2. The number of hydrogen-bond acceptors (Lipinski definition) is 3. The minimum Gasteiger partial charge on any atom is -0.334 e. The molecule has 2 aliphatic heterocycles. The minimum absolute atomic E-state index is 0. The quantitative estimate of drug-likeness (QED) is 0.753. The third-order valence-corrected chi connectivity index (χ3v) is 5.86. The van der Waals surface area contributed by atoms with Gasteiger partial charge in [-0.3, -0.25) is 9.59 Å². The number of likely N-dealkylation sites (tertiary alicyclic amines) is 1. The maximum absolute atomic E-state index is 12.9. The van der Waals surface area contributed by atoms with Gasteiger partial charge in [-0.25, -0.2) is 4.39 Å². The maximum Gasteiger partial charge on any atom is 0.254 e. The summed E-state index contributed by atoms with van der Waals surface area (Å²) in [5.74, 6) is 0.294. The molecule has 2 aromatic rings. The Morgan fingerprint density at radius 3 is 2.47 bits per heavy atom. The van der Waals surface area contributed by atoms with E-state index < -0.39 is 0 Å². The third-order valence-electron chi connectivity index (χ3n) is 5.86. The molecule has 2 aliphatic rings. The predicted molar refractivity (Wildman–Crippen MR) is 117 cm³/mol. The summed E-state index contributed by atoms with van der Waals surface area (Å²) in [5.41, 5.74) is 2.59. The van der Waals surface area contributed by atoms with Crippen LogP contribution in [0.4, 0.5) is 10.1 Å². The highest BCUT2D eigenvalue weighted by Gasteiger charge is 2.30. The number of fused-ring (bicyclic) bond motifs is 1. The number of nitrogens with one attached hydrogen (secondary N) is 1. The topological polar surface area (TPSA) is 52.7 Å². The Hall–Kier alpha value is -2.44. The monoisotopic (exact) mass is 431 g/mol. The molecule has 4 rings (SSSR count). The van der Waals surface area contributed by atoms with Crippen LogP contribution in [-0.2, 0) is 11.3 Å². The molecule has 0 spiro atoms. The van der Waals surface area contributed by atoms with Crippen LogP contribution in [0.25, 0.3) is 0 Å². The van der Waals surface area contributed by atoms with E-state index in [1.165, 1.54) is 12.1 Å². The van der Waals surface area contributed by atoms with Gasteiger partial charge < -0.3 is 15.1 Å². The summed E-state index contributed by atoms with van der Waals surface area (Å²) in [6.45, 7) is 4.14. The number of carbonyl (C=O) groups is 2. The van der Waals surface area contributed by atoms with Crippen molar-refractivity contribution in [1.82, 2.24) is 9.80 Å². The lowest BCUT2D eigenvalue weighted by Crippen LogP contribution is -2.39. The number of nitrogens with zero attached hydrogens (tertiary/aromatic N) is 2. The second-order valence-electron chi connectivity index (χ2n) is 7.93. The number of piperidine rings is 1. The normalized spacial score (nSPS) is 16.8. The fourth-order valence-electron chi connectivity index (χ4n) is 4.18. The SMILES string of the molecule is Cl.O=C(CCN1CCC(CN2Cc3ccccc3C2=O)CC1)Nc1ccc(F)cc1. The number of hydrogen-bond donors (Lipinski definition) is 1. The van der Waals surface area contributed by atoms with Crippen molar-refractivity contribution in [2.24, 2.45) is 5.92 Å². The molecule has 2 heterocycles. The Kier molecular flexibility index (Phi) is 7.45. The lowest BCUT2D eigenvalue weighted by atomic mass is 9.96. The Morgan fingerprint density at radius 1 is 1.07 bits per heavy atom. The molecule has 0 unspecified atom stereocenters. The molecular weight excluding hydrogens is 405 g/mol. The van der Waals surface area contributed by atoms with Crippen LogP contribution in [0.1, 0.15) is 35.2 Å². The molecule has 30 heavy (non-hydrogen) atoms. The van der Waals surface area contributed by atoms with Gasteiger partial charge in [-0.05, 0) is 67.7 Å². The Labute approximate surface area is 182 Å². The second kappa shape index (κ2) is 10.0. The van der Waals surface area contributed by atoms with Crippen molar-refractivity contribution < 1.29 is 14.0 Å². The van der Waals surface area contributed by atoms with Gasteiger partial charge in [0, 0.05) is 37.3 Å². The van der Waals surface area contributed by atoms with Crippen molar-refractivity contribution in [3.05, 3.63) is 65.5 Å². The number of rotatable bonds is 6. The van der Waals surface area contributed by atoms with E-state index in [4.69, 9.17) is 0 Å². The summed E-state index contributed by atoms with van der Waals surface area (Å²) in [6.07, 6.45) is 2.50. The Bertz CT molecular complexity index is 882. The lowest BCUT2D eigenvalue weighted by molar-refractivity contribution is -0.116. The molecule has 0 aliphatic carbocycles. The fourth-order valence-corrected chi connectivity index (χ4v) is 4.18. The molecule has 1 saturated heterocycles. The van der Waals surface area contributed by atoms with Crippen LogP contribution in [0.2, 0.25) is 0 Å². The summed E-state index contributed by atoms with van der Waals surface area (Å²) in [6, 6.07) is 13.7. The molecule has 0 aromatic heterocycles. The van der Waals surface area contributed by atoms with E-state index >= 15 is 0 Å². The van der Waals surface area contributed by atoms with Crippen molar-refractivity contribution in [3.8, 4) is 0 Å². The number of benzene rings is 2. The maximum atomic E-state index is 12.9. The summed E-state index contributed by atoms with van der Waals surface area (Å²) in [5, 5.41) is 2.80. The summed E-state index contributed by atoms with van der Waals surface area (Å²) in [4.78, 5) is 28.9. The summed E-state index contributed by atoms with van der Waals surface area (Å²) >= 11 is 0. The van der Waals surface area contributed by atoms with Crippen LogP contribution in [0.3, 0.4) is 0 Å². The molecule has 0 bridgehead atoms. The van der Waals surface area contributed by atoms with E-state index in [0.29, 0.717) is 24.6 Å². The molecule has 1 N–H and O–H groups in total. The van der Waals surface area contributed by atoms with Crippen molar-refractivity contribution in [3.63, 3.8) is 0 Å². The molecule has 7 heteroatoms. The van der Waals surface area contributed by atoms with Crippen molar-refractivity contribution in [2.75, 3.05) is 31.5 Å². The van der Waals surface area contributed by atoms with Crippen LogP contribution in [-0.4, -0.2) is 47.8 Å². The van der Waals surface area contributed by atoms with Crippen LogP contribution < -0.4 is 5.32 Å². The van der Waals surface area contributed by atoms with E-state index in [9.17, 15) is 14.0 Å². The van der Waals surface area contributed by atoms with Gasteiger partial charge in [0.25, 0.3) is 5.91 Å². The van der Waals surface area contributed by atoms with Gasteiger partial charge in [-0.15, -0.1) is 12.4 Å². The van der Waals surface area contributed by atoms with Crippen LogP contribution >= 0.6 is 12.4 Å². The minimum atomic E-state index is -0.314. The number of amides is 2. The highest BCUT2D eigenvalue weighted by atomic mass is 35.5.